The van der Waals surface area contributed by atoms with Crippen LogP contribution in [-0.2, 0) is 0 Å². The largest absolute Gasteiger partial charge is 0.382 e. The van der Waals surface area contributed by atoms with Crippen LogP contribution in [0, 0.1) is 17.0 Å². The number of nitro groups is 1. The van der Waals surface area contributed by atoms with Crippen molar-refractivity contribution < 1.29 is 9.72 Å². The Morgan fingerprint density at radius 3 is 2.65 bits per heavy atom. The minimum absolute atomic E-state index is 0.115. The first kappa shape index (κ1) is 14.1. The summed E-state index contributed by atoms with van der Waals surface area (Å²) in [6, 6.07) is 4.81. The molecule has 7 nitrogen and oxygen atoms in total. The molecule has 0 spiro atoms. The highest BCUT2D eigenvalue weighted by molar-refractivity contribution is 5.72. The number of nitrogens with two attached hydrogens (primary N) is 1. The third kappa shape index (κ3) is 2.98. The summed E-state index contributed by atoms with van der Waals surface area (Å²) >= 11 is 0. The van der Waals surface area contributed by atoms with Gasteiger partial charge in [0.2, 0.25) is 0 Å². The number of piperidine rings is 1. The van der Waals surface area contributed by atoms with Gasteiger partial charge in [-0.3, -0.25) is 10.1 Å². The second kappa shape index (κ2) is 5.77. The number of urea groups is 1. The van der Waals surface area contributed by atoms with Crippen LogP contribution in [0.2, 0.25) is 0 Å². The Hall–Kier alpha value is -2.31. The van der Waals surface area contributed by atoms with Crippen LogP contribution in [0.4, 0.5) is 16.2 Å². The number of carbonyl (C=O) groups is 1. The Morgan fingerprint density at radius 2 is 2.10 bits per heavy atom. The smallest absolute Gasteiger partial charge is 0.314 e. The van der Waals surface area contributed by atoms with Crippen molar-refractivity contribution in [3.63, 3.8) is 0 Å². The number of anilines is 1. The van der Waals surface area contributed by atoms with Crippen LogP contribution in [-0.4, -0.2) is 35.0 Å². The highest BCUT2D eigenvalue weighted by Crippen LogP contribution is 2.27. The fourth-order valence-corrected chi connectivity index (χ4v) is 2.44. The SMILES string of the molecule is Cc1c(NC2CCN(C(N)=O)CC2)cccc1[N+](=O)[O-]. The third-order valence-corrected chi connectivity index (χ3v) is 3.67. The standard InChI is InChI=1S/C13H18N4O3/c1-9-11(3-2-4-12(9)17(19)20)15-10-5-7-16(8-6-10)13(14)18/h2-4,10,15H,5-8H2,1H3,(H2,14,18). The summed E-state index contributed by atoms with van der Waals surface area (Å²) in [4.78, 5) is 23.2. The molecular weight excluding hydrogens is 260 g/mol. The predicted molar refractivity (Wildman–Crippen MR) is 75.6 cm³/mol. The van der Waals surface area contributed by atoms with Crippen LogP contribution in [0.15, 0.2) is 18.2 Å². The molecule has 0 unspecified atom stereocenters. The maximum atomic E-state index is 11.0. The lowest BCUT2D eigenvalue weighted by Crippen LogP contribution is -2.44. The van der Waals surface area contributed by atoms with E-state index in [2.05, 4.69) is 5.32 Å². The summed E-state index contributed by atoms with van der Waals surface area (Å²) in [7, 11) is 0. The lowest BCUT2D eigenvalue weighted by molar-refractivity contribution is -0.385. The first-order valence-electron chi connectivity index (χ1n) is 6.54. The predicted octanol–water partition coefficient (Wildman–Crippen LogP) is 1.86. The Kier molecular flexibility index (Phi) is 4.07. The van der Waals surface area contributed by atoms with Crippen molar-refractivity contribution in [3.05, 3.63) is 33.9 Å². The van der Waals surface area contributed by atoms with Crippen molar-refractivity contribution in [2.45, 2.75) is 25.8 Å². The van der Waals surface area contributed by atoms with Crippen molar-refractivity contribution in [3.8, 4) is 0 Å². The molecule has 1 aliphatic rings. The van der Waals surface area contributed by atoms with Crippen molar-refractivity contribution in [1.82, 2.24) is 4.90 Å². The molecule has 1 saturated heterocycles. The van der Waals surface area contributed by atoms with Gasteiger partial charge in [0.05, 0.1) is 4.92 Å². The van der Waals surface area contributed by atoms with E-state index in [0.717, 1.165) is 18.5 Å². The maximum Gasteiger partial charge on any atom is 0.314 e. The van der Waals surface area contributed by atoms with Crippen molar-refractivity contribution in [2.24, 2.45) is 5.73 Å². The summed E-state index contributed by atoms with van der Waals surface area (Å²) in [5.41, 5.74) is 6.76. The van der Waals surface area contributed by atoms with E-state index in [1.54, 1.807) is 17.9 Å². The molecule has 1 aromatic rings. The molecule has 1 heterocycles. The van der Waals surface area contributed by atoms with Crippen LogP contribution in [0.25, 0.3) is 0 Å². The zero-order chi connectivity index (χ0) is 14.7. The van der Waals surface area contributed by atoms with Gasteiger partial charge in [-0.2, -0.15) is 0 Å². The van der Waals surface area contributed by atoms with Gasteiger partial charge in [0, 0.05) is 36.4 Å². The van der Waals surface area contributed by atoms with Gasteiger partial charge >= 0.3 is 6.03 Å². The molecule has 20 heavy (non-hydrogen) atoms. The molecule has 1 aromatic carbocycles. The Balaban J connectivity index is 2.03. The van der Waals surface area contributed by atoms with Gasteiger partial charge in [-0.05, 0) is 25.8 Å². The molecule has 3 N–H and O–H groups in total. The number of likely N-dealkylation sites (tertiary alicyclic amines) is 1. The van der Waals surface area contributed by atoms with E-state index >= 15 is 0 Å². The Labute approximate surface area is 116 Å². The number of rotatable bonds is 3. The normalized spacial score (nSPS) is 15.9. The van der Waals surface area contributed by atoms with Gasteiger partial charge in [-0.1, -0.05) is 6.07 Å². The van der Waals surface area contributed by atoms with E-state index in [4.69, 9.17) is 5.73 Å². The van der Waals surface area contributed by atoms with Crippen LogP contribution in [0.5, 0.6) is 0 Å². The Morgan fingerprint density at radius 1 is 1.45 bits per heavy atom. The fourth-order valence-electron chi connectivity index (χ4n) is 2.44. The zero-order valence-corrected chi connectivity index (χ0v) is 11.3. The van der Waals surface area contributed by atoms with E-state index < -0.39 is 6.03 Å². The van der Waals surface area contributed by atoms with E-state index in [-0.39, 0.29) is 16.7 Å². The van der Waals surface area contributed by atoms with Crippen LogP contribution in [0.1, 0.15) is 18.4 Å². The van der Waals surface area contributed by atoms with Crippen LogP contribution in [0.3, 0.4) is 0 Å². The molecule has 108 valence electrons. The van der Waals surface area contributed by atoms with Crippen molar-refractivity contribution in [2.75, 3.05) is 18.4 Å². The molecular formula is C13H18N4O3. The minimum atomic E-state index is -0.394. The summed E-state index contributed by atoms with van der Waals surface area (Å²) in [5.74, 6) is 0. The average molecular weight is 278 g/mol. The molecule has 7 heteroatoms. The number of hydrogen-bond donors (Lipinski definition) is 2. The molecule has 1 fully saturated rings. The number of hydrogen-bond acceptors (Lipinski definition) is 4. The number of amides is 2. The third-order valence-electron chi connectivity index (χ3n) is 3.67. The fraction of sp³-hybridized carbons (Fsp3) is 0.462. The van der Waals surface area contributed by atoms with Crippen molar-refractivity contribution >= 4 is 17.4 Å². The summed E-state index contributed by atoms with van der Waals surface area (Å²) in [6.45, 7) is 2.96. The van der Waals surface area contributed by atoms with Gasteiger partial charge in [-0.25, -0.2) is 4.79 Å². The molecule has 0 bridgehead atoms. The molecule has 0 atom stereocenters. The molecule has 0 saturated carbocycles. The maximum absolute atomic E-state index is 11.0. The monoisotopic (exact) mass is 278 g/mol. The van der Waals surface area contributed by atoms with Gasteiger partial charge in [-0.15, -0.1) is 0 Å². The topological polar surface area (TPSA) is 102 Å². The molecule has 1 aliphatic heterocycles. The molecule has 2 amide bonds. The van der Waals surface area contributed by atoms with E-state index in [0.29, 0.717) is 18.7 Å². The average Bonchev–Trinajstić information content (AvgIpc) is 2.41. The molecule has 0 radical (unpaired) electrons. The highest BCUT2D eigenvalue weighted by atomic mass is 16.6. The van der Waals surface area contributed by atoms with Gasteiger partial charge in [0.1, 0.15) is 0 Å². The van der Waals surface area contributed by atoms with E-state index in [9.17, 15) is 14.9 Å². The number of nitro benzene ring substituents is 1. The summed E-state index contributed by atoms with van der Waals surface area (Å²) in [5, 5.41) is 14.2. The van der Waals surface area contributed by atoms with Crippen molar-refractivity contribution in [1.29, 1.82) is 0 Å². The molecule has 2 rings (SSSR count). The van der Waals surface area contributed by atoms with Gasteiger partial charge in [0.25, 0.3) is 5.69 Å². The summed E-state index contributed by atoms with van der Waals surface area (Å²) < 4.78 is 0. The first-order valence-corrected chi connectivity index (χ1v) is 6.54. The highest BCUT2D eigenvalue weighted by Gasteiger charge is 2.22. The Bertz CT molecular complexity index is 524. The molecule has 0 aromatic heterocycles. The minimum Gasteiger partial charge on any atom is -0.382 e. The van der Waals surface area contributed by atoms with Gasteiger partial charge < -0.3 is 16.0 Å². The first-order chi connectivity index (χ1) is 9.49. The summed E-state index contributed by atoms with van der Waals surface area (Å²) in [6.07, 6.45) is 1.57. The number of carbonyl (C=O) groups excluding carboxylic acids is 1. The van der Waals surface area contributed by atoms with Gasteiger partial charge in [0.15, 0.2) is 0 Å². The number of benzene rings is 1. The van der Waals surface area contributed by atoms with Crippen LogP contribution < -0.4 is 11.1 Å². The number of nitrogens with one attached hydrogen (secondary N) is 1. The van der Waals surface area contributed by atoms with E-state index in [1.165, 1.54) is 6.07 Å². The number of nitrogens with zero attached hydrogens (tertiary/aromatic N) is 2. The molecule has 0 aliphatic carbocycles. The lowest BCUT2D eigenvalue weighted by atomic mass is 10.0. The lowest BCUT2D eigenvalue weighted by Gasteiger charge is -2.32. The second-order valence-corrected chi connectivity index (χ2v) is 4.95. The number of primary amides is 1. The van der Waals surface area contributed by atoms with Crippen LogP contribution >= 0.6 is 0 Å². The van der Waals surface area contributed by atoms with E-state index in [1.807, 2.05) is 6.07 Å². The quantitative estimate of drug-likeness (QED) is 0.650. The zero-order valence-electron chi connectivity index (χ0n) is 11.3. The second-order valence-electron chi connectivity index (χ2n) is 4.95.